The van der Waals surface area contributed by atoms with E-state index < -0.39 is 0 Å². The number of pyridine rings is 1. The molecule has 2 rings (SSSR count). The number of aliphatic hydroxyl groups excluding tert-OH is 1. The van der Waals surface area contributed by atoms with Gasteiger partial charge in [0.1, 0.15) is 5.69 Å². The van der Waals surface area contributed by atoms with E-state index in [2.05, 4.69) is 4.98 Å². The Kier molecular flexibility index (Phi) is 5.09. The second-order valence-corrected chi connectivity index (χ2v) is 6.92. The molecule has 0 amide bonds. The average molecular weight is 318 g/mol. The van der Waals surface area contributed by atoms with Gasteiger partial charge in [0.15, 0.2) is 17.2 Å². The SMILES string of the molecule is CCOc1cccn2c(C(=O)C[C@@H](CO)C(C)(C)C)c(C)nc12. The van der Waals surface area contributed by atoms with E-state index in [0.717, 1.165) is 0 Å². The van der Waals surface area contributed by atoms with Gasteiger partial charge < -0.3 is 9.84 Å². The van der Waals surface area contributed by atoms with Gasteiger partial charge >= 0.3 is 0 Å². The van der Waals surface area contributed by atoms with Gasteiger partial charge in [-0.3, -0.25) is 9.20 Å². The van der Waals surface area contributed by atoms with Gasteiger partial charge in [-0.15, -0.1) is 0 Å². The zero-order valence-electron chi connectivity index (χ0n) is 14.6. The smallest absolute Gasteiger partial charge is 0.181 e. The normalized spacial score (nSPS) is 13.3. The van der Waals surface area contributed by atoms with Crippen LogP contribution >= 0.6 is 0 Å². The van der Waals surface area contributed by atoms with Crippen LogP contribution in [-0.4, -0.2) is 33.5 Å². The molecule has 0 unspecified atom stereocenters. The molecule has 2 heterocycles. The van der Waals surface area contributed by atoms with E-state index in [1.807, 2.05) is 52.9 Å². The van der Waals surface area contributed by atoms with Crippen LogP contribution in [0, 0.1) is 18.3 Å². The van der Waals surface area contributed by atoms with E-state index in [-0.39, 0.29) is 23.7 Å². The summed E-state index contributed by atoms with van der Waals surface area (Å²) in [6.45, 7) is 10.4. The van der Waals surface area contributed by atoms with Gasteiger partial charge in [-0.05, 0) is 37.3 Å². The Hall–Kier alpha value is -1.88. The molecular weight excluding hydrogens is 292 g/mol. The van der Waals surface area contributed by atoms with Gasteiger partial charge in [-0.1, -0.05) is 20.8 Å². The summed E-state index contributed by atoms with van der Waals surface area (Å²) in [7, 11) is 0. The molecule has 0 bridgehead atoms. The van der Waals surface area contributed by atoms with Crippen molar-refractivity contribution in [3.8, 4) is 5.75 Å². The molecule has 0 saturated carbocycles. The third kappa shape index (κ3) is 3.55. The number of hydrogen-bond acceptors (Lipinski definition) is 4. The number of Topliss-reactive ketones (excluding diaryl/α,β-unsaturated/α-hetero) is 1. The molecule has 0 saturated heterocycles. The molecule has 0 radical (unpaired) electrons. The summed E-state index contributed by atoms with van der Waals surface area (Å²) in [4.78, 5) is 17.3. The number of aliphatic hydroxyl groups is 1. The summed E-state index contributed by atoms with van der Waals surface area (Å²) < 4.78 is 7.38. The Labute approximate surface area is 137 Å². The van der Waals surface area contributed by atoms with Crippen LogP contribution in [0.15, 0.2) is 18.3 Å². The number of ether oxygens (including phenoxy) is 1. The number of rotatable bonds is 6. The van der Waals surface area contributed by atoms with Gasteiger partial charge in [0.05, 0.1) is 12.3 Å². The van der Waals surface area contributed by atoms with Crippen molar-refractivity contribution >= 4 is 11.4 Å². The minimum atomic E-state index is -0.130. The molecule has 0 aromatic carbocycles. The lowest BCUT2D eigenvalue weighted by molar-refractivity contribution is 0.0812. The van der Waals surface area contributed by atoms with Crippen LogP contribution in [0.2, 0.25) is 0 Å². The summed E-state index contributed by atoms with van der Waals surface area (Å²) in [5.41, 5.74) is 1.79. The fourth-order valence-corrected chi connectivity index (χ4v) is 2.73. The molecule has 5 nitrogen and oxygen atoms in total. The van der Waals surface area contributed by atoms with E-state index in [4.69, 9.17) is 4.74 Å². The topological polar surface area (TPSA) is 63.8 Å². The summed E-state index contributed by atoms with van der Waals surface area (Å²) in [5, 5.41) is 9.61. The minimum Gasteiger partial charge on any atom is -0.490 e. The molecule has 126 valence electrons. The van der Waals surface area contributed by atoms with Crippen molar-refractivity contribution in [3.05, 3.63) is 29.7 Å². The van der Waals surface area contributed by atoms with Gasteiger partial charge in [-0.2, -0.15) is 0 Å². The third-order valence-corrected chi connectivity index (χ3v) is 4.23. The predicted octanol–water partition coefficient (Wildman–Crippen LogP) is 3.27. The van der Waals surface area contributed by atoms with E-state index in [1.165, 1.54) is 0 Å². The maximum absolute atomic E-state index is 12.8. The standard InChI is InChI=1S/C18H26N2O3/c1-6-23-15-8-7-9-20-16(12(2)19-17(15)20)14(22)10-13(11-21)18(3,4)5/h7-9,13,21H,6,10-11H2,1-5H3/t13-/m0/s1. The van der Waals surface area contributed by atoms with Crippen molar-refractivity contribution in [3.63, 3.8) is 0 Å². The first kappa shape index (κ1) is 17.5. The highest BCUT2D eigenvalue weighted by molar-refractivity contribution is 5.97. The summed E-state index contributed by atoms with van der Waals surface area (Å²) >= 11 is 0. The highest BCUT2D eigenvalue weighted by atomic mass is 16.5. The molecule has 1 N–H and O–H groups in total. The fourth-order valence-electron chi connectivity index (χ4n) is 2.73. The van der Waals surface area contributed by atoms with Crippen molar-refractivity contribution in [1.82, 2.24) is 9.38 Å². The predicted molar refractivity (Wildman–Crippen MR) is 90.1 cm³/mol. The number of imidazole rings is 1. The number of aromatic nitrogens is 2. The molecule has 0 spiro atoms. The van der Waals surface area contributed by atoms with Crippen LogP contribution < -0.4 is 4.74 Å². The lowest BCUT2D eigenvalue weighted by Gasteiger charge is -2.28. The summed E-state index contributed by atoms with van der Waals surface area (Å²) in [6, 6.07) is 3.70. The van der Waals surface area contributed by atoms with Crippen LogP contribution in [0.5, 0.6) is 5.75 Å². The van der Waals surface area contributed by atoms with Crippen molar-refractivity contribution in [2.45, 2.75) is 41.0 Å². The van der Waals surface area contributed by atoms with Crippen molar-refractivity contribution in [2.24, 2.45) is 11.3 Å². The molecule has 1 atom stereocenters. The quantitative estimate of drug-likeness (QED) is 0.830. The number of aryl methyl sites for hydroxylation is 1. The molecular formula is C18H26N2O3. The first-order valence-electron chi connectivity index (χ1n) is 8.04. The maximum atomic E-state index is 12.8. The van der Waals surface area contributed by atoms with Crippen molar-refractivity contribution in [1.29, 1.82) is 0 Å². The molecule has 0 aliphatic heterocycles. The van der Waals surface area contributed by atoms with Crippen LogP contribution in [0.1, 0.15) is 50.3 Å². The van der Waals surface area contributed by atoms with E-state index in [0.29, 0.717) is 35.8 Å². The zero-order valence-corrected chi connectivity index (χ0v) is 14.6. The van der Waals surface area contributed by atoms with Crippen LogP contribution in [0.4, 0.5) is 0 Å². The Morgan fingerprint density at radius 3 is 2.70 bits per heavy atom. The highest BCUT2D eigenvalue weighted by Gasteiger charge is 2.29. The number of hydrogen-bond donors (Lipinski definition) is 1. The first-order chi connectivity index (χ1) is 10.8. The van der Waals surface area contributed by atoms with Gasteiger partial charge in [0, 0.05) is 19.2 Å². The van der Waals surface area contributed by atoms with Crippen LogP contribution in [0.3, 0.4) is 0 Å². The summed E-state index contributed by atoms with van der Waals surface area (Å²) in [5.74, 6) is 0.583. The number of fused-ring (bicyclic) bond motifs is 1. The number of ketones is 1. The maximum Gasteiger partial charge on any atom is 0.181 e. The third-order valence-electron chi connectivity index (χ3n) is 4.23. The molecule has 0 aliphatic carbocycles. The van der Waals surface area contributed by atoms with Gasteiger partial charge in [0.2, 0.25) is 0 Å². The second kappa shape index (κ2) is 6.71. The Bertz CT molecular complexity index is 698. The largest absolute Gasteiger partial charge is 0.490 e. The van der Waals surface area contributed by atoms with E-state index in [1.54, 1.807) is 4.40 Å². The van der Waals surface area contributed by atoms with E-state index in [9.17, 15) is 9.90 Å². The van der Waals surface area contributed by atoms with Gasteiger partial charge in [0.25, 0.3) is 0 Å². The molecule has 23 heavy (non-hydrogen) atoms. The minimum absolute atomic E-state index is 0.00220. The van der Waals surface area contributed by atoms with Crippen molar-refractivity contribution < 1.29 is 14.6 Å². The lowest BCUT2D eigenvalue weighted by Crippen LogP contribution is -2.27. The second-order valence-electron chi connectivity index (χ2n) is 6.92. The summed E-state index contributed by atoms with van der Waals surface area (Å²) in [6.07, 6.45) is 2.13. The zero-order chi connectivity index (χ0) is 17.2. The molecule has 2 aromatic rings. The Balaban J connectivity index is 2.41. The molecule has 0 fully saturated rings. The Morgan fingerprint density at radius 2 is 2.13 bits per heavy atom. The molecule has 2 aromatic heterocycles. The number of carbonyl (C=O) groups is 1. The number of carbonyl (C=O) groups excluding carboxylic acids is 1. The first-order valence-corrected chi connectivity index (χ1v) is 8.04. The highest BCUT2D eigenvalue weighted by Crippen LogP contribution is 2.30. The van der Waals surface area contributed by atoms with E-state index >= 15 is 0 Å². The fraction of sp³-hybridized carbons (Fsp3) is 0.556. The van der Waals surface area contributed by atoms with Crippen LogP contribution in [0.25, 0.3) is 5.65 Å². The molecule has 0 aliphatic rings. The van der Waals surface area contributed by atoms with Gasteiger partial charge in [-0.25, -0.2) is 4.98 Å². The Morgan fingerprint density at radius 1 is 1.43 bits per heavy atom. The van der Waals surface area contributed by atoms with Crippen LogP contribution in [-0.2, 0) is 0 Å². The molecule has 5 heteroatoms. The lowest BCUT2D eigenvalue weighted by atomic mass is 9.78. The number of nitrogens with zero attached hydrogens (tertiary/aromatic N) is 2. The average Bonchev–Trinajstić information content (AvgIpc) is 2.80. The van der Waals surface area contributed by atoms with Crippen molar-refractivity contribution in [2.75, 3.05) is 13.2 Å². The monoisotopic (exact) mass is 318 g/mol.